The smallest absolute Gasteiger partial charge is 0.153 e. The highest BCUT2D eigenvalue weighted by atomic mass is 16.3. The zero-order chi connectivity index (χ0) is 14.7. The number of hydrogen-bond acceptors (Lipinski definition) is 4. The van der Waals surface area contributed by atoms with Crippen LogP contribution in [0.4, 0.5) is 0 Å². The van der Waals surface area contributed by atoms with Gasteiger partial charge in [0, 0.05) is 12.5 Å². The lowest BCUT2D eigenvalue weighted by atomic mass is 9.95. The van der Waals surface area contributed by atoms with Crippen molar-refractivity contribution in [3.8, 4) is 0 Å². The number of likely N-dealkylation sites (tertiary alicyclic amines) is 1. The fourth-order valence-corrected chi connectivity index (χ4v) is 2.94. The zero-order valence-electron chi connectivity index (χ0n) is 12.4. The predicted octanol–water partition coefficient (Wildman–Crippen LogP) is 2.03. The second kappa shape index (κ2) is 6.37. The molecular weight excluding hydrogens is 264 g/mol. The molecule has 0 radical (unpaired) electrons. The van der Waals surface area contributed by atoms with E-state index in [0.29, 0.717) is 12.5 Å². The molecule has 0 spiro atoms. The number of piperidine rings is 1. The minimum absolute atomic E-state index is 0.409. The molecule has 1 atom stereocenters. The van der Waals surface area contributed by atoms with Gasteiger partial charge in [0.1, 0.15) is 5.82 Å². The number of β-amino-alcohol motifs (C(OH)–C–C–N with tert-alkyl or cyclic N) is 1. The summed E-state index contributed by atoms with van der Waals surface area (Å²) < 4.78 is 0. The highest BCUT2D eigenvalue weighted by Crippen LogP contribution is 2.26. The predicted molar refractivity (Wildman–Crippen MR) is 80.9 cm³/mol. The monoisotopic (exact) mass is 286 g/mol. The van der Waals surface area contributed by atoms with E-state index in [1.54, 1.807) is 0 Å². The molecule has 1 unspecified atom stereocenters. The molecule has 3 rings (SSSR count). The molecular formula is C16H22N4O. The first-order valence-corrected chi connectivity index (χ1v) is 7.56. The Bertz CT molecular complexity index is 561. The third-order valence-electron chi connectivity index (χ3n) is 4.18. The summed E-state index contributed by atoms with van der Waals surface area (Å²) in [5.41, 5.74) is 0.990. The second-order valence-corrected chi connectivity index (χ2v) is 5.78. The Kier molecular flexibility index (Phi) is 4.31. The number of aromatic nitrogens is 3. The summed E-state index contributed by atoms with van der Waals surface area (Å²) in [5, 5.41) is 17.5. The van der Waals surface area contributed by atoms with Gasteiger partial charge in [0.25, 0.3) is 0 Å². The lowest BCUT2D eigenvalue weighted by Gasteiger charge is -2.32. The van der Waals surface area contributed by atoms with Crippen LogP contribution in [0.5, 0.6) is 0 Å². The molecule has 112 valence electrons. The molecule has 1 aliphatic rings. The van der Waals surface area contributed by atoms with Crippen LogP contribution >= 0.6 is 0 Å². The average molecular weight is 286 g/mol. The molecule has 5 nitrogen and oxygen atoms in total. The Balaban J connectivity index is 1.52. The molecule has 21 heavy (non-hydrogen) atoms. The van der Waals surface area contributed by atoms with E-state index in [1.165, 1.54) is 0 Å². The van der Waals surface area contributed by atoms with Gasteiger partial charge in [0.05, 0.1) is 6.10 Å². The number of benzene rings is 1. The number of aryl methyl sites for hydroxylation is 1. The average Bonchev–Trinajstić information content (AvgIpc) is 2.95. The Morgan fingerprint density at radius 2 is 2.00 bits per heavy atom. The summed E-state index contributed by atoms with van der Waals surface area (Å²) in [5.74, 6) is 2.27. The van der Waals surface area contributed by atoms with Gasteiger partial charge in [-0.1, -0.05) is 30.3 Å². The maximum Gasteiger partial charge on any atom is 0.153 e. The molecule has 1 saturated heterocycles. The molecule has 2 N–H and O–H groups in total. The number of nitrogens with one attached hydrogen (secondary N) is 1. The molecule has 2 aromatic rings. The number of H-pyrrole nitrogens is 1. The highest BCUT2D eigenvalue weighted by Gasteiger charge is 2.24. The molecule has 1 aromatic heterocycles. The lowest BCUT2D eigenvalue weighted by Crippen LogP contribution is -2.36. The fourth-order valence-electron chi connectivity index (χ4n) is 2.94. The van der Waals surface area contributed by atoms with Gasteiger partial charge in [-0.05, 0) is 38.4 Å². The normalized spacial score (nSPS) is 18.8. The molecule has 1 aromatic carbocycles. The van der Waals surface area contributed by atoms with Crippen molar-refractivity contribution in [2.45, 2.75) is 31.8 Å². The Morgan fingerprint density at radius 1 is 1.29 bits per heavy atom. The molecule has 0 saturated carbocycles. The SMILES string of the molecule is Cc1nc(C2CCN(CC(O)c3ccccc3)CC2)n[nH]1. The summed E-state index contributed by atoms with van der Waals surface area (Å²) in [6, 6.07) is 9.87. The first-order chi connectivity index (χ1) is 10.2. The maximum atomic E-state index is 10.3. The lowest BCUT2D eigenvalue weighted by molar-refractivity contribution is 0.0966. The van der Waals surface area contributed by atoms with Crippen LogP contribution in [-0.2, 0) is 0 Å². The van der Waals surface area contributed by atoms with E-state index in [4.69, 9.17) is 0 Å². The van der Waals surface area contributed by atoms with Crippen molar-refractivity contribution >= 4 is 0 Å². The van der Waals surface area contributed by atoms with Crippen molar-refractivity contribution in [3.05, 3.63) is 47.5 Å². The summed E-state index contributed by atoms with van der Waals surface area (Å²) in [4.78, 5) is 6.76. The van der Waals surface area contributed by atoms with Crippen LogP contribution in [0, 0.1) is 6.92 Å². The molecule has 0 bridgehead atoms. The van der Waals surface area contributed by atoms with Gasteiger partial charge in [0.15, 0.2) is 5.82 Å². The topological polar surface area (TPSA) is 65.0 Å². The van der Waals surface area contributed by atoms with Crippen LogP contribution in [0.1, 0.15) is 42.1 Å². The van der Waals surface area contributed by atoms with Crippen LogP contribution in [0.25, 0.3) is 0 Å². The first kappa shape index (κ1) is 14.2. The van der Waals surface area contributed by atoms with Crippen molar-refractivity contribution in [2.75, 3.05) is 19.6 Å². The molecule has 0 aliphatic carbocycles. The van der Waals surface area contributed by atoms with Gasteiger partial charge in [-0.15, -0.1) is 0 Å². The number of hydrogen-bond donors (Lipinski definition) is 2. The largest absolute Gasteiger partial charge is 0.387 e. The van der Waals surface area contributed by atoms with Crippen LogP contribution in [0.2, 0.25) is 0 Å². The number of aliphatic hydroxyl groups is 1. The second-order valence-electron chi connectivity index (χ2n) is 5.78. The standard InChI is InChI=1S/C16H22N4O/c1-12-17-16(19-18-12)14-7-9-20(10-8-14)11-15(21)13-5-3-2-4-6-13/h2-6,14-15,21H,7-11H2,1H3,(H,17,18,19). The number of aromatic amines is 1. The van der Waals surface area contributed by atoms with Crippen LogP contribution in [0.3, 0.4) is 0 Å². The van der Waals surface area contributed by atoms with E-state index in [2.05, 4.69) is 20.1 Å². The van der Waals surface area contributed by atoms with E-state index < -0.39 is 6.10 Å². The number of nitrogens with zero attached hydrogens (tertiary/aromatic N) is 3. The summed E-state index contributed by atoms with van der Waals surface area (Å²) >= 11 is 0. The summed E-state index contributed by atoms with van der Waals surface area (Å²) in [7, 11) is 0. The van der Waals surface area contributed by atoms with Gasteiger partial charge in [0.2, 0.25) is 0 Å². The van der Waals surface area contributed by atoms with Gasteiger partial charge >= 0.3 is 0 Å². The van der Waals surface area contributed by atoms with Crippen molar-refractivity contribution in [1.29, 1.82) is 0 Å². The maximum absolute atomic E-state index is 10.3. The Hall–Kier alpha value is -1.72. The molecule has 2 heterocycles. The number of aliphatic hydroxyl groups excluding tert-OH is 1. The first-order valence-electron chi connectivity index (χ1n) is 7.56. The Morgan fingerprint density at radius 3 is 2.62 bits per heavy atom. The molecule has 1 fully saturated rings. The molecule has 1 aliphatic heterocycles. The van der Waals surface area contributed by atoms with E-state index >= 15 is 0 Å². The molecule has 0 amide bonds. The van der Waals surface area contributed by atoms with Crippen LogP contribution in [0.15, 0.2) is 30.3 Å². The Labute approximate surface area is 125 Å². The molecule has 5 heteroatoms. The third-order valence-corrected chi connectivity index (χ3v) is 4.18. The van der Waals surface area contributed by atoms with Gasteiger partial charge < -0.3 is 10.0 Å². The van der Waals surface area contributed by atoms with Gasteiger partial charge in [-0.25, -0.2) is 4.98 Å². The minimum Gasteiger partial charge on any atom is -0.387 e. The van der Waals surface area contributed by atoms with E-state index in [9.17, 15) is 5.11 Å². The van der Waals surface area contributed by atoms with Crippen molar-refractivity contribution in [2.24, 2.45) is 0 Å². The van der Waals surface area contributed by atoms with Crippen molar-refractivity contribution < 1.29 is 5.11 Å². The minimum atomic E-state index is -0.409. The highest BCUT2D eigenvalue weighted by molar-refractivity contribution is 5.17. The van der Waals surface area contributed by atoms with Crippen molar-refractivity contribution in [3.63, 3.8) is 0 Å². The van der Waals surface area contributed by atoms with E-state index in [0.717, 1.165) is 43.1 Å². The number of rotatable bonds is 4. The van der Waals surface area contributed by atoms with Crippen molar-refractivity contribution in [1.82, 2.24) is 20.1 Å². The zero-order valence-corrected chi connectivity index (χ0v) is 12.4. The fraction of sp³-hybridized carbons (Fsp3) is 0.500. The summed E-state index contributed by atoms with van der Waals surface area (Å²) in [6.45, 7) is 4.61. The van der Waals surface area contributed by atoms with E-state index in [1.807, 2.05) is 37.3 Å². The summed E-state index contributed by atoms with van der Waals surface area (Å²) in [6.07, 6.45) is 1.70. The van der Waals surface area contributed by atoms with Crippen LogP contribution < -0.4 is 0 Å². The van der Waals surface area contributed by atoms with Gasteiger partial charge in [-0.2, -0.15) is 5.10 Å². The quantitative estimate of drug-likeness (QED) is 0.902. The third kappa shape index (κ3) is 3.49. The van der Waals surface area contributed by atoms with Gasteiger partial charge in [-0.3, -0.25) is 5.10 Å². The van der Waals surface area contributed by atoms with Crippen LogP contribution in [-0.4, -0.2) is 44.8 Å². The van der Waals surface area contributed by atoms with E-state index in [-0.39, 0.29) is 0 Å².